The van der Waals surface area contributed by atoms with E-state index in [-0.39, 0.29) is 0 Å². The van der Waals surface area contributed by atoms with Gasteiger partial charge in [-0.25, -0.2) is 0 Å². The van der Waals surface area contributed by atoms with Crippen molar-refractivity contribution in [2.24, 2.45) is 11.7 Å². The van der Waals surface area contributed by atoms with Gasteiger partial charge in [0.05, 0.1) is 0 Å². The van der Waals surface area contributed by atoms with E-state index in [1.165, 1.54) is 71.5 Å². The van der Waals surface area contributed by atoms with Crippen LogP contribution in [0.5, 0.6) is 0 Å². The lowest BCUT2D eigenvalue weighted by Crippen LogP contribution is -2.35. The van der Waals surface area contributed by atoms with Gasteiger partial charge in [-0.05, 0) is 71.0 Å². The number of hydrogen-bond donors (Lipinski definition) is 3. The predicted molar refractivity (Wildman–Crippen MR) is 91.1 cm³/mol. The molecule has 1 rings (SSSR count). The van der Waals surface area contributed by atoms with Gasteiger partial charge in [0.25, 0.3) is 0 Å². The molecule has 0 radical (unpaired) electrons. The molecule has 1 fully saturated rings. The van der Waals surface area contributed by atoms with Gasteiger partial charge in [0.15, 0.2) is 0 Å². The van der Waals surface area contributed by atoms with Gasteiger partial charge in [0.1, 0.15) is 0 Å². The molecule has 0 spiro atoms. The summed E-state index contributed by atoms with van der Waals surface area (Å²) in [6.45, 7) is 9.31. The number of nitrogens with one attached hydrogen (secondary N) is 2. The van der Waals surface area contributed by atoms with E-state index >= 15 is 0 Å². The highest BCUT2D eigenvalue weighted by Gasteiger charge is 2.16. The molecule has 3 nitrogen and oxygen atoms in total. The van der Waals surface area contributed by atoms with Gasteiger partial charge in [0.2, 0.25) is 0 Å². The zero-order chi connectivity index (χ0) is 15.2. The highest BCUT2D eigenvalue weighted by Crippen LogP contribution is 2.23. The zero-order valence-corrected chi connectivity index (χ0v) is 14.4. The maximum absolute atomic E-state index is 4.50. The predicted octanol–water partition coefficient (Wildman–Crippen LogP) is 3.29. The van der Waals surface area contributed by atoms with Crippen LogP contribution in [0.1, 0.15) is 72.1 Å². The molecule has 1 aliphatic carbocycles. The van der Waals surface area contributed by atoms with Crippen molar-refractivity contribution >= 4 is 0 Å². The van der Waals surface area contributed by atoms with E-state index in [9.17, 15) is 0 Å². The third kappa shape index (κ3) is 9.73. The molecule has 1 atom stereocenters. The van der Waals surface area contributed by atoms with Gasteiger partial charge in [-0.15, -0.1) is 0 Å². The second-order valence-electron chi connectivity index (χ2n) is 6.11. The summed E-state index contributed by atoms with van der Waals surface area (Å²) in [5.74, 6) is 0.962. The van der Waals surface area contributed by atoms with E-state index in [0.717, 1.165) is 18.0 Å². The minimum Gasteiger partial charge on any atom is -0.333 e. The van der Waals surface area contributed by atoms with Crippen LogP contribution < -0.4 is 16.4 Å². The van der Waals surface area contributed by atoms with Gasteiger partial charge in [-0.2, -0.15) is 0 Å². The lowest BCUT2D eigenvalue weighted by atomic mass is 9.87. The van der Waals surface area contributed by atoms with Crippen molar-refractivity contribution in [3.63, 3.8) is 0 Å². The van der Waals surface area contributed by atoms with Gasteiger partial charge in [-0.1, -0.05) is 27.2 Å². The van der Waals surface area contributed by atoms with Crippen LogP contribution in [0.2, 0.25) is 0 Å². The van der Waals surface area contributed by atoms with Crippen molar-refractivity contribution in [1.82, 2.24) is 10.6 Å². The van der Waals surface area contributed by atoms with E-state index in [4.69, 9.17) is 0 Å². The summed E-state index contributed by atoms with van der Waals surface area (Å²) < 4.78 is 0. The molecule has 122 valence electrons. The molecule has 0 heterocycles. The molecule has 0 saturated heterocycles. The Morgan fingerprint density at radius 2 is 1.70 bits per heavy atom. The van der Waals surface area contributed by atoms with Crippen LogP contribution >= 0.6 is 0 Å². The maximum Gasteiger partial charge on any atom is 0.00672 e. The van der Waals surface area contributed by atoms with E-state index < -0.39 is 0 Å². The van der Waals surface area contributed by atoms with Crippen LogP contribution in [0.3, 0.4) is 0 Å². The average molecular weight is 286 g/mol. The summed E-state index contributed by atoms with van der Waals surface area (Å²) in [7, 11) is 1.50. The van der Waals surface area contributed by atoms with Crippen LogP contribution in [0, 0.1) is 5.92 Å². The molecular weight excluding hydrogens is 246 g/mol. The molecular formula is C17H39N3. The largest absolute Gasteiger partial charge is 0.333 e. The third-order valence-corrected chi connectivity index (χ3v) is 4.37. The van der Waals surface area contributed by atoms with Gasteiger partial charge in [0, 0.05) is 12.1 Å². The van der Waals surface area contributed by atoms with Crippen molar-refractivity contribution in [2.75, 3.05) is 20.1 Å². The van der Waals surface area contributed by atoms with Crippen molar-refractivity contribution in [1.29, 1.82) is 0 Å². The zero-order valence-electron chi connectivity index (χ0n) is 14.4. The number of rotatable bonds is 9. The molecule has 0 amide bonds. The summed E-state index contributed by atoms with van der Waals surface area (Å²) in [5.41, 5.74) is 4.50. The fraction of sp³-hybridized carbons (Fsp3) is 1.00. The Balaban J connectivity index is 0.00000172. The summed E-state index contributed by atoms with van der Waals surface area (Å²) in [5, 5.41) is 7.40. The SMILES string of the molecule is CCCC(CC)NCCCNC1CCC(C)CC1.CN. The minimum atomic E-state index is 0.741. The first-order valence-electron chi connectivity index (χ1n) is 8.80. The Morgan fingerprint density at radius 1 is 1.05 bits per heavy atom. The molecule has 1 unspecified atom stereocenters. The second-order valence-corrected chi connectivity index (χ2v) is 6.11. The molecule has 0 aromatic heterocycles. The van der Waals surface area contributed by atoms with Crippen molar-refractivity contribution in [3.8, 4) is 0 Å². The van der Waals surface area contributed by atoms with Crippen LogP contribution in [0.15, 0.2) is 0 Å². The van der Waals surface area contributed by atoms with Crippen molar-refractivity contribution in [3.05, 3.63) is 0 Å². The Hall–Kier alpha value is -0.120. The summed E-state index contributed by atoms with van der Waals surface area (Å²) >= 11 is 0. The Kier molecular flexibility index (Phi) is 13.8. The van der Waals surface area contributed by atoms with Crippen LogP contribution in [-0.2, 0) is 0 Å². The van der Waals surface area contributed by atoms with E-state index in [1.807, 2.05) is 0 Å². The Morgan fingerprint density at radius 3 is 2.25 bits per heavy atom. The van der Waals surface area contributed by atoms with Crippen LogP contribution in [0.25, 0.3) is 0 Å². The molecule has 4 N–H and O–H groups in total. The smallest absolute Gasteiger partial charge is 0.00672 e. The van der Waals surface area contributed by atoms with Gasteiger partial charge in [-0.3, -0.25) is 0 Å². The highest BCUT2D eigenvalue weighted by molar-refractivity contribution is 4.75. The first-order valence-corrected chi connectivity index (χ1v) is 8.80. The maximum atomic E-state index is 4.50. The molecule has 0 aromatic carbocycles. The topological polar surface area (TPSA) is 50.1 Å². The van der Waals surface area contributed by atoms with E-state index in [0.29, 0.717) is 0 Å². The fourth-order valence-electron chi connectivity index (χ4n) is 2.96. The average Bonchev–Trinajstić information content (AvgIpc) is 2.49. The number of nitrogens with two attached hydrogens (primary N) is 1. The monoisotopic (exact) mass is 285 g/mol. The first kappa shape index (κ1) is 19.9. The van der Waals surface area contributed by atoms with E-state index in [1.54, 1.807) is 0 Å². The lowest BCUT2D eigenvalue weighted by molar-refractivity contribution is 0.306. The second kappa shape index (κ2) is 13.8. The van der Waals surface area contributed by atoms with Crippen LogP contribution in [0.4, 0.5) is 0 Å². The third-order valence-electron chi connectivity index (χ3n) is 4.37. The number of hydrogen-bond acceptors (Lipinski definition) is 3. The molecule has 0 aliphatic heterocycles. The molecule has 0 aromatic rings. The molecule has 3 heteroatoms. The highest BCUT2D eigenvalue weighted by atomic mass is 14.9. The van der Waals surface area contributed by atoms with Crippen molar-refractivity contribution < 1.29 is 0 Å². The van der Waals surface area contributed by atoms with Crippen LogP contribution in [-0.4, -0.2) is 32.2 Å². The Labute approximate surface area is 127 Å². The summed E-state index contributed by atoms with van der Waals surface area (Å²) in [6.07, 6.45) is 10.8. The quantitative estimate of drug-likeness (QED) is 0.570. The summed E-state index contributed by atoms with van der Waals surface area (Å²) in [4.78, 5) is 0. The molecule has 20 heavy (non-hydrogen) atoms. The minimum absolute atomic E-state index is 0.741. The van der Waals surface area contributed by atoms with Gasteiger partial charge < -0.3 is 16.4 Å². The standard InChI is InChI=1S/C16H34N2.CH5N/c1-4-7-15(5-2)17-12-6-13-18-16-10-8-14(3)9-11-16;1-2/h14-18H,4-13H2,1-3H3;2H2,1H3. The molecule has 1 aliphatic rings. The van der Waals surface area contributed by atoms with Crippen molar-refractivity contribution in [2.45, 2.75) is 84.2 Å². The normalized spacial score (nSPS) is 23.9. The van der Waals surface area contributed by atoms with E-state index in [2.05, 4.69) is 37.1 Å². The first-order chi connectivity index (χ1) is 9.76. The molecule has 0 bridgehead atoms. The fourth-order valence-corrected chi connectivity index (χ4v) is 2.96. The van der Waals surface area contributed by atoms with Gasteiger partial charge >= 0.3 is 0 Å². The Bertz CT molecular complexity index is 189. The molecule has 1 saturated carbocycles. The summed E-state index contributed by atoms with van der Waals surface area (Å²) in [6, 6.07) is 1.55. The lowest BCUT2D eigenvalue weighted by Gasteiger charge is -2.27.